The zero-order chi connectivity index (χ0) is 10.8. The summed E-state index contributed by atoms with van der Waals surface area (Å²) in [6, 6.07) is 3.99. The van der Waals surface area contributed by atoms with E-state index in [2.05, 4.69) is 50.7 Å². The first kappa shape index (κ1) is 11.2. The number of benzene rings is 1. The van der Waals surface area contributed by atoms with Gasteiger partial charge >= 0.3 is 0 Å². The van der Waals surface area contributed by atoms with Crippen molar-refractivity contribution in [2.45, 2.75) is 13.3 Å². The maximum absolute atomic E-state index is 5.63. The van der Waals surface area contributed by atoms with Gasteiger partial charge in [-0.05, 0) is 28.4 Å². The molecule has 1 heterocycles. The fourth-order valence-electron chi connectivity index (χ4n) is 1.30. The van der Waals surface area contributed by atoms with Crippen molar-refractivity contribution in [3.8, 4) is 5.75 Å². The van der Waals surface area contributed by atoms with Crippen LogP contribution in [0.3, 0.4) is 0 Å². The minimum Gasteiger partial charge on any atom is -0.492 e. The molecule has 1 aromatic carbocycles. The van der Waals surface area contributed by atoms with E-state index in [1.165, 1.54) is 0 Å². The molecule has 0 radical (unpaired) electrons. The molecule has 15 heavy (non-hydrogen) atoms. The van der Waals surface area contributed by atoms with E-state index in [1.54, 1.807) is 6.33 Å². The number of hydrogen-bond acceptors (Lipinski definition) is 2. The van der Waals surface area contributed by atoms with Crippen molar-refractivity contribution in [3.05, 3.63) is 22.9 Å². The number of ether oxygens (including phenoxy) is 1. The average molecular weight is 381 g/mol. The number of nitrogens with zero attached hydrogens (tertiary/aromatic N) is 2. The molecule has 0 unspecified atom stereocenters. The lowest BCUT2D eigenvalue weighted by molar-refractivity contribution is 0.316. The van der Waals surface area contributed by atoms with Crippen LogP contribution in [-0.4, -0.2) is 14.4 Å². The van der Waals surface area contributed by atoms with E-state index in [1.807, 2.05) is 14.9 Å². The van der Waals surface area contributed by atoms with Gasteiger partial charge in [0.2, 0.25) is 0 Å². The molecule has 0 saturated carbocycles. The lowest BCUT2D eigenvalue weighted by Crippen LogP contribution is -1.95. The fourth-order valence-corrected chi connectivity index (χ4v) is 2.26. The molecular formula is C10H10BrIN2O. The van der Waals surface area contributed by atoms with Gasteiger partial charge in [-0.3, -0.25) is 2.78 Å². The van der Waals surface area contributed by atoms with E-state index in [9.17, 15) is 0 Å². The molecule has 2 aromatic rings. The van der Waals surface area contributed by atoms with E-state index < -0.39 is 0 Å². The van der Waals surface area contributed by atoms with Crippen LogP contribution < -0.4 is 4.74 Å². The van der Waals surface area contributed by atoms with Crippen LogP contribution in [-0.2, 0) is 0 Å². The number of aromatic nitrogens is 2. The normalized spacial score (nSPS) is 10.9. The lowest BCUT2D eigenvalue weighted by Gasteiger charge is -2.06. The molecule has 0 aliphatic heterocycles. The van der Waals surface area contributed by atoms with E-state index in [-0.39, 0.29) is 0 Å². The largest absolute Gasteiger partial charge is 0.492 e. The summed E-state index contributed by atoms with van der Waals surface area (Å²) in [7, 11) is 0. The highest BCUT2D eigenvalue weighted by Crippen LogP contribution is 2.30. The highest BCUT2D eigenvalue weighted by Gasteiger charge is 2.07. The smallest absolute Gasteiger partial charge is 0.135 e. The molecule has 0 bridgehead atoms. The molecule has 1 aromatic heterocycles. The SMILES string of the molecule is CCCOc1cc2c(cc1Br)ncn2I. The molecule has 2 rings (SSSR count). The number of imidazole rings is 1. The second-order valence-corrected chi connectivity index (χ2v) is 5.07. The Hall–Kier alpha value is -0.300. The first-order valence-corrected chi connectivity index (χ1v) is 6.43. The quantitative estimate of drug-likeness (QED) is 0.757. The Balaban J connectivity index is 2.45. The summed E-state index contributed by atoms with van der Waals surface area (Å²) in [5.74, 6) is 0.878. The molecule has 0 fully saturated rings. The van der Waals surface area contributed by atoms with Crippen LogP contribution in [0.1, 0.15) is 13.3 Å². The maximum atomic E-state index is 5.63. The molecule has 5 heteroatoms. The molecule has 80 valence electrons. The molecule has 0 N–H and O–H groups in total. The third-order valence-electron chi connectivity index (χ3n) is 2.02. The van der Waals surface area contributed by atoms with Crippen molar-refractivity contribution in [3.63, 3.8) is 0 Å². The predicted molar refractivity (Wildman–Crippen MR) is 72.6 cm³/mol. The van der Waals surface area contributed by atoms with Crippen molar-refractivity contribution < 1.29 is 4.74 Å². The molecular weight excluding hydrogens is 371 g/mol. The van der Waals surface area contributed by atoms with Gasteiger partial charge < -0.3 is 4.74 Å². The second-order valence-electron chi connectivity index (χ2n) is 3.18. The summed E-state index contributed by atoms with van der Waals surface area (Å²) in [6.07, 6.45) is 2.80. The Morgan fingerprint density at radius 3 is 3.07 bits per heavy atom. The van der Waals surface area contributed by atoms with Gasteiger partial charge in [0.15, 0.2) is 0 Å². The van der Waals surface area contributed by atoms with Crippen molar-refractivity contribution >= 4 is 49.8 Å². The maximum Gasteiger partial charge on any atom is 0.135 e. The molecule has 0 saturated heterocycles. The topological polar surface area (TPSA) is 27.1 Å². The zero-order valence-electron chi connectivity index (χ0n) is 8.20. The van der Waals surface area contributed by atoms with Gasteiger partial charge in [-0.25, -0.2) is 4.98 Å². The van der Waals surface area contributed by atoms with E-state index in [4.69, 9.17) is 4.74 Å². The molecule has 3 nitrogen and oxygen atoms in total. The van der Waals surface area contributed by atoms with Crippen molar-refractivity contribution in [1.29, 1.82) is 0 Å². The van der Waals surface area contributed by atoms with Crippen LogP contribution in [0.4, 0.5) is 0 Å². The summed E-state index contributed by atoms with van der Waals surface area (Å²) < 4.78 is 8.54. The van der Waals surface area contributed by atoms with Crippen LogP contribution in [0.2, 0.25) is 0 Å². The Labute approximate surface area is 110 Å². The molecule has 0 aliphatic carbocycles. The Bertz CT molecular complexity index is 483. The number of halogens is 2. The molecule has 0 atom stereocenters. The first-order valence-electron chi connectivity index (χ1n) is 4.68. The first-order chi connectivity index (χ1) is 7.22. The third kappa shape index (κ3) is 2.28. The Morgan fingerprint density at radius 1 is 1.53 bits per heavy atom. The molecule has 0 aliphatic rings. The Kier molecular flexibility index (Phi) is 3.50. The highest BCUT2D eigenvalue weighted by atomic mass is 127. The Morgan fingerprint density at radius 2 is 2.33 bits per heavy atom. The van der Waals surface area contributed by atoms with Crippen LogP contribution >= 0.6 is 38.8 Å². The fraction of sp³-hybridized carbons (Fsp3) is 0.300. The minimum absolute atomic E-state index is 0.736. The van der Waals surface area contributed by atoms with Crippen LogP contribution in [0, 0.1) is 0 Å². The van der Waals surface area contributed by atoms with Crippen molar-refractivity contribution in [2.24, 2.45) is 0 Å². The monoisotopic (exact) mass is 380 g/mol. The van der Waals surface area contributed by atoms with Crippen LogP contribution in [0.5, 0.6) is 5.75 Å². The van der Waals surface area contributed by atoms with Crippen molar-refractivity contribution in [2.75, 3.05) is 6.61 Å². The van der Waals surface area contributed by atoms with Gasteiger partial charge in [-0.2, -0.15) is 0 Å². The van der Waals surface area contributed by atoms with Gasteiger partial charge in [0, 0.05) is 6.07 Å². The second kappa shape index (κ2) is 4.69. The summed E-state index contributed by atoms with van der Waals surface area (Å²) in [6.45, 7) is 2.83. The lowest BCUT2D eigenvalue weighted by atomic mass is 10.3. The predicted octanol–water partition coefficient (Wildman–Crippen LogP) is 3.79. The summed E-state index contributed by atoms with van der Waals surface area (Å²) in [5.41, 5.74) is 2.05. The third-order valence-corrected chi connectivity index (χ3v) is 3.41. The van der Waals surface area contributed by atoms with Crippen LogP contribution in [0.25, 0.3) is 11.0 Å². The van der Waals surface area contributed by atoms with Gasteiger partial charge in [-0.15, -0.1) is 0 Å². The molecule has 0 amide bonds. The van der Waals surface area contributed by atoms with Crippen LogP contribution in [0.15, 0.2) is 22.9 Å². The zero-order valence-corrected chi connectivity index (χ0v) is 11.9. The summed E-state index contributed by atoms with van der Waals surface area (Å²) >= 11 is 5.68. The van der Waals surface area contributed by atoms with Gasteiger partial charge in [-0.1, -0.05) is 6.92 Å². The van der Waals surface area contributed by atoms with E-state index in [0.717, 1.165) is 34.3 Å². The van der Waals surface area contributed by atoms with Gasteiger partial charge in [0.05, 0.1) is 45.0 Å². The number of fused-ring (bicyclic) bond motifs is 1. The molecule has 0 spiro atoms. The van der Waals surface area contributed by atoms with Gasteiger partial charge in [0.1, 0.15) is 12.1 Å². The summed E-state index contributed by atoms with van der Waals surface area (Å²) in [4.78, 5) is 4.27. The van der Waals surface area contributed by atoms with E-state index in [0.29, 0.717) is 0 Å². The average Bonchev–Trinajstić information content (AvgIpc) is 2.57. The van der Waals surface area contributed by atoms with Crippen molar-refractivity contribution in [1.82, 2.24) is 7.76 Å². The number of hydrogen-bond donors (Lipinski definition) is 0. The number of rotatable bonds is 3. The minimum atomic E-state index is 0.736. The summed E-state index contributed by atoms with van der Waals surface area (Å²) in [5, 5.41) is 0. The van der Waals surface area contributed by atoms with E-state index >= 15 is 0 Å². The standard InChI is InChI=1S/C10H10BrIN2O/c1-2-3-15-10-5-9-8(4-7(10)11)13-6-14(9)12/h4-6H,2-3H2,1H3. The van der Waals surface area contributed by atoms with Gasteiger partial charge in [0.25, 0.3) is 0 Å². The highest BCUT2D eigenvalue weighted by molar-refractivity contribution is 14.1.